The Morgan fingerprint density at radius 2 is 2.04 bits per heavy atom. The van der Waals surface area contributed by atoms with E-state index in [-0.39, 0.29) is 5.91 Å². The number of benzene rings is 2. The summed E-state index contributed by atoms with van der Waals surface area (Å²) in [5.41, 5.74) is 6.16. The van der Waals surface area contributed by atoms with E-state index in [1.807, 2.05) is 37.3 Å². The summed E-state index contributed by atoms with van der Waals surface area (Å²) in [5, 5.41) is 4.02. The van der Waals surface area contributed by atoms with Crippen LogP contribution in [-0.4, -0.2) is 22.4 Å². The lowest BCUT2D eigenvalue weighted by molar-refractivity contribution is -0.120. The molecule has 0 saturated heterocycles. The van der Waals surface area contributed by atoms with Crippen molar-refractivity contribution in [2.24, 2.45) is 0 Å². The number of furan rings is 1. The number of amides is 1. The average molecular weight is 361 g/mol. The fraction of sp³-hybridized carbons (Fsp3) is 0.273. The van der Waals surface area contributed by atoms with Gasteiger partial charge in [0.1, 0.15) is 11.4 Å². The van der Waals surface area contributed by atoms with E-state index >= 15 is 0 Å². The minimum Gasteiger partial charge on any atom is -0.464 e. The second-order valence-electron chi connectivity index (χ2n) is 6.98. The van der Waals surface area contributed by atoms with Gasteiger partial charge in [0.25, 0.3) is 0 Å². The molecular weight excluding hydrogens is 338 g/mol. The molecule has 2 aromatic heterocycles. The predicted molar refractivity (Wildman–Crippen MR) is 107 cm³/mol. The van der Waals surface area contributed by atoms with Crippen molar-refractivity contribution in [3.63, 3.8) is 0 Å². The Bertz CT molecular complexity index is 1070. The third-order valence-corrected chi connectivity index (χ3v) is 5.04. The van der Waals surface area contributed by atoms with E-state index in [2.05, 4.69) is 28.3 Å². The molecule has 5 heteroatoms. The number of fused-ring (bicyclic) bond motifs is 2. The molecule has 0 fully saturated rings. The Kier molecular flexibility index (Phi) is 4.67. The molecule has 5 nitrogen and oxygen atoms in total. The number of imidazole rings is 1. The molecule has 138 valence electrons. The van der Waals surface area contributed by atoms with Crippen molar-refractivity contribution < 1.29 is 9.21 Å². The van der Waals surface area contributed by atoms with E-state index in [9.17, 15) is 4.79 Å². The molecule has 0 atom stereocenters. The summed E-state index contributed by atoms with van der Waals surface area (Å²) in [4.78, 5) is 20.2. The number of rotatable bonds is 6. The van der Waals surface area contributed by atoms with Crippen molar-refractivity contribution in [3.8, 4) is 0 Å². The van der Waals surface area contributed by atoms with E-state index in [1.165, 1.54) is 5.56 Å². The van der Waals surface area contributed by atoms with E-state index < -0.39 is 0 Å². The first kappa shape index (κ1) is 17.3. The van der Waals surface area contributed by atoms with E-state index in [0.29, 0.717) is 13.0 Å². The fourth-order valence-electron chi connectivity index (χ4n) is 3.37. The van der Waals surface area contributed by atoms with Gasteiger partial charge in [-0.1, -0.05) is 24.3 Å². The summed E-state index contributed by atoms with van der Waals surface area (Å²) in [6.45, 7) is 4.73. The predicted octanol–water partition coefficient (Wildman–Crippen LogP) is 4.22. The van der Waals surface area contributed by atoms with Crippen LogP contribution in [0.1, 0.15) is 28.9 Å². The molecule has 4 aromatic rings. The fourth-order valence-corrected chi connectivity index (χ4v) is 3.37. The van der Waals surface area contributed by atoms with Crippen molar-refractivity contribution >= 4 is 27.9 Å². The van der Waals surface area contributed by atoms with Gasteiger partial charge in [0.2, 0.25) is 5.91 Å². The van der Waals surface area contributed by atoms with E-state index in [4.69, 9.17) is 4.42 Å². The summed E-state index contributed by atoms with van der Waals surface area (Å²) in [7, 11) is 0. The molecule has 0 aliphatic rings. The first-order valence-corrected chi connectivity index (χ1v) is 9.28. The minimum atomic E-state index is 0.0144. The second-order valence-corrected chi connectivity index (χ2v) is 6.98. The third-order valence-electron chi connectivity index (χ3n) is 5.04. The number of aromatic nitrogens is 2. The Labute approximate surface area is 157 Å². The number of aryl methyl sites for hydroxylation is 3. The normalized spacial score (nSPS) is 11.3. The van der Waals surface area contributed by atoms with E-state index in [0.717, 1.165) is 51.8 Å². The number of H-pyrrole nitrogens is 1. The summed E-state index contributed by atoms with van der Waals surface area (Å²) < 4.78 is 5.68. The summed E-state index contributed by atoms with van der Waals surface area (Å²) in [6.07, 6.45) is 3.68. The summed E-state index contributed by atoms with van der Waals surface area (Å²) >= 11 is 0. The number of carbonyl (C=O) groups excluding carboxylic acids is 1. The number of hydrogen-bond donors (Lipinski definition) is 2. The quantitative estimate of drug-likeness (QED) is 0.505. The van der Waals surface area contributed by atoms with Crippen LogP contribution in [0.4, 0.5) is 0 Å². The van der Waals surface area contributed by atoms with Gasteiger partial charge in [-0.25, -0.2) is 4.98 Å². The van der Waals surface area contributed by atoms with Gasteiger partial charge >= 0.3 is 0 Å². The maximum Gasteiger partial charge on any atom is 0.224 e. The molecule has 0 unspecified atom stereocenters. The highest BCUT2D eigenvalue weighted by atomic mass is 16.3. The number of para-hydroxylation sites is 2. The van der Waals surface area contributed by atoms with Crippen LogP contribution in [-0.2, 0) is 17.6 Å². The van der Waals surface area contributed by atoms with Crippen LogP contribution in [0, 0.1) is 13.8 Å². The molecule has 4 rings (SSSR count). The minimum absolute atomic E-state index is 0.0144. The number of nitrogens with one attached hydrogen (secondary N) is 2. The summed E-state index contributed by atoms with van der Waals surface area (Å²) in [6, 6.07) is 12.1. The maximum absolute atomic E-state index is 12.3. The molecule has 2 aromatic carbocycles. The molecule has 0 aliphatic heterocycles. The Morgan fingerprint density at radius 1 is 1.19 bits per heavy atom. The van der Waals surface area contributed by atoms with Gasteiger partial charge in [-0.2, -0.15) is 0 Å². The van der Waals surface area contributed by atoms with Gasteiger partial charge in [-0.3, -0.25) is 4.79 Å². The number of aromatic amines is 1. The van der Waals surface area contributed by atoms with Gasteiger partial charge in [-0.05, 0) is 43.5 Å². The van der Waals surface area contributed by atoms with Crippen molar-refractivity contribution in [2.45, 2.75) is 33.1 Å². The highest BCUT2D eigenvalue weighted by molar-refractivity contribution is 5.89. The Balaban J connectivity index is 1.30. The van der Waals surface area contributed by atoms with Crippen LogP contribution < -0.4 is 5.32 Å². The molecule has 2 heterocycles. The number of carbonyl (C=O) groups is 1. The lowest BCUT2D eigenvalue weighted by Gasteiger charge is -2.04. The maximum atomic E-state index is 12.3. The van der Waals surface area contributed by atoms with Crippen molar-refractivity contribution in [1.82, 2.24) is 15.3 Å². The largest absolute Gasteiger partial charge is 0.464 e. The lowest BCUT2D eigenvalue weighted by atomic mass is 10.0. The zero-order valence-corrected chi connectivity index (χ0v) is 15.6. The number of nitrogens with zero attached hydrogens (tertiary/aromatic N) is 1. The molecule has 0 bridgehead atoms. The monoisotopic (exact) mass is 361 g/mol. The van der Waals surface area contributed by atoms with Crippen molar-refractivity contribution in [3.05, 3.63) is 65.2 Å². The molecule has 0 spiro atoms. The van der Waals surface area contributed by atoms with Gasteiger partial charge in [0, 0.05) is 23.9 Å². The zero-order chi connectivity index (χ0) is 18.8. The first-order valence-electron chi connectivity index (χ1n) is 9.28. The Hall–Kier alpha value is -3.08. The standard InChI is InChI=1S/C22H23N3O2/c1-14-9-10-17-16(13-27-22(17)15(14)2)12-21(26)23-11-5-8-20-24-18-6-3-4-7-19(18)25-20/h3-4,6-7,9-10,13H,5,8,11-12H2,1-2H3,(H,23,26)(H,24,25). The number of hydrogen-bond acceptors (Lipinski definition) is 3. The zero-order valence-electron chi connectivity index (χ0n) is 15.6. The van der Waals surface area contributed by atoms with Gasteiger partial charge in [0.15, 0.2) is 0 Å². The van der Waals surface area contributed by atoms with Crippen LogP contribution in [0.5, 0.6) is 0 Å². The van der Waals surface area contributed by atoms with Crippen LogP contribution in [0.15, 0.2) is 47.1 Å². The van der Waals surface area contributed by atoms with Crippen LogP contribution in [0.25, 0.3) is 22.0 Å². The smallest absolute Gasteiger partial charge is 0.224 e. The molecule has 2 N–H and O–H groups in total. The van der Waals surface area contributed by atoms with Crippen molar-refractivity contribution in [1.29, 1.82) is 0 Å². The highest BCUT2D eigenvalue weighted by Gasteiger charge is 2.12. The molecule has 0 aliphatic carbocycles. The third kappa shape index (κ3) is 3.58. The molecule has 0 saturated carbocycles. The average Bonchev–Trinajstić information content (AvgIpc) is 3.26. The second kappa shape index (κ2) is 7.27. The molecule has 27 heavy (non-hydrogen) atoms. The topological polar surface area (TPSA) is 70.9 Å². The molecule has 0 radical (unpaired) electrons. The van der Waals surface area contributed by atoms with Crippen molar-refractivity contribution in [2.75, 3.05) is 6.54 Å². The lowest BCUT2D eigenvalue weighted by Crippen LogP contribution is -2.26. The Morgan fingerprint density at radius 3 is 2.89 bits per heavy atom. The van der Waals surface area contributed by atoms with Gasteiger partial charge in [-0.15, -0.1) is 0 Å². The van der Waals surface area contributed by atoms with Gasteiger partial charge < -0.3 is 14.7 Å². The van der Waals surface area contributed by atoms with Crippen LogP contribution in [0.3, 0.4) is 0 Å². The van der Waals surface area contributed by atoms with E-state index in [1.54, 1.807) is 6.26 Å². The SMILES string of the molecule is Cc1ccc2c(CC(=O)NCCCc3nc4ccccc4[nH]3)coc2c1C. The molecular formula is C22H23N3O2. The van der Waals surface area contributed by atoms with Crippen LogP contribution in [0.2, 0.25) is 0 Å². The first-order chi connectivity index (χ1) is 13.1. The van der Waals surface area contributed by atoms with Gasteiger partial charge in [0.05, 0.1) is 23.7 Å². The highest BCUT2D eigenvalue weighted by Crippen LogP contribution is 2.26. The van der Waals surface area contributed by atoms with Crippen LogP contribution >= 0.6 is 0 Å². The molecule has 1 amide bonds. The summed E-state index contributed by atoms with van der Waals surface area (Å²) in [5.74, 6) is 0.970.